The van der Waals surface area contributed by atoms with Gasteiger partial charge in [0.25, 0.3) is 0 Å². The van der Waals surface area contributed by atoms with E-state index in [0.29, 0.717) is 0 Å². The van der Waals surface area contributed by atoms with Gasteiger partial charge in [-0.3, -0.25) is 0 Å². The molecule has 1 N–H and O–H groups in total. The first kappa shape index (κ1) is 51.9. The number of aliphatic hydroxyl groups excluding tert-OH is 1. The monoisotopic (exact) mass is 999 g/mol. The van der Waals surface area contributed by atoms with Crippen molar-refractivity contribution in [2.24, 2.45) is 0 Å². The summed E-state index contributed by atoms with van der Waals surface area (Å²) in [6.07, 6.45) is 5.72. The average Bonchev–Trinajstić information content (AvgIpc) is 3.85. The lowest BCUT2D eigenvalue weighted by Gasteiger charge is -2.35. The van der Waals surface area contributed by atoms with Gasteiger partial charge in [0.1, 0.15) is 37.8 Å². The maximum absolute atomic E-state index is 9.49. The minimum Gasteiger partial charge on any atom is -0.405 e. The summed E-state index contributed by atoms with van der Waals surface area (Å²) in [6.45, 7) is 19.6. The van der Waals surface area contributed by atoms with Crippen LogP contribution in [0.2, 0.25) is 0 Å². The Balaban J connectivity index is 0.000000191. The van der Waals surface area contributed by atoms with Crippen molar-refractivity contribution in [2.45, 2.75) is 43.9 Å². The fourth-order valence-corrected chi connectivity index (χ4v) is 12.0. The highest BCUT2D eigenvalue weighted by atomic mass is 32.2. The van der Waals surface area contributed by atoms with E-state index in [1.54, 1.807) is 0 Å². The maximum atomic E-state index is 9.49. The van der Waals surface area contributed by atoms with E-state index in [4.69, 9.17) is 8.83 Å². The Kier molecular flexibility index (Phi) is 16.5. The van der Waals surface area contributed by atoms with Crippen molar-refractivity contribution in [3.8, 4) is 0 Å². The Morgan fingerprint density at radius 2 is 1.20 bits per heavy atom. The molecule has 0 spiro atoms. The molecule has 0 radical (unpaired) electrons. The van der Waals surface area contributed by atoms with Gasteiger partial charge >= 0.3 is 11.1 Å². The number of piperazine rings is 1. The van der Waals surface area contributed by atoms with Crippen LogP contribution in [-0.2, 0) is 0 Å². The van der Waals surface area contributed by atoms with Crippen LogP contribution in [0.15, 0.2) is 126 Å². The van der Waals surface area contributed by atoms with Crippen molar-refractivity contribution in [2.75, 3.05) is 148 Å². The zero-order chi connectivity index (χ0) is 50.5. The van der Waals surface area contributed by atoms with Crippen molar-refractivity contribution in [1.29, 1.82) is 0 Å². The fourth-order valence-electron chi connectivity index (χ4n) is 9.81. The molecule has 3 aliphatic heterocycles. The van der Waals surface area contributed by atoms with Crippen LogP contribution in [0.5, 0.6) is 0 Å². The molecule has 13 heteroatoms. The quantitative estimate of drug-likeness (QED) is 0.0851. The SMILES string of the molecule is CCN(CC)c1ccc2c(/C=C3\Sc4ccccc4N3C)cc(=[N+](C)CCC[N+](C)(C)C)oc2c1.CCN(CC)c1ccc2c(/C=C3\Sc4ccccc4N3C)cc(=[N+]3CC[N+](C)(CCO)CC3)oc2c1. The van der Waals surface area contributed by atoms with Crippen molar-refractivity contribution < 1.29 is 22.9 Å². The highest BCUT2D eigenvalue weighted by molar-refractivity contribution is 8.04. The summed E-state index contributed by atoms with van der Waals surface area (Å²) in [5, 5.41) is 14.2. The molecule has 5 heterocycles. The zero-order valence-electron chi connectivity index (χ0n) is 44.2. The molecule has 4 aromatic carbocycles. The Morgan fingerprint density at radius 1 is 0.704 bits per heavy atom. The molecule has 11 nitrogen and oxygen atoms in total. The van der Waals surface area contributed by atoms with Crippen molar-refractivity contribution >= 4 is 80.4 Å². The van der Waals surface area contributed by atoms with E-state index in [9.17, 15) is 5.11 Å². The van der Waals surface area contributed by atoms with Crippen LogP contribution in [0, 0.1) is 0 Å². The predicted octanol–water partition coefficient (Wildman–Crippen LogP) is 9.36. The van der Waals surface area contributed by atoms with Gasteiger partial charge in [-0.2, -0.15) is 4.58 Å². The molecule has 0 unspecified atom stereocenters. The number of nitrogens with zero attached hydrogens (tertiary/aromatic N) is 8. The smallest absolute Gasteiger partial charge is 0.368 e. The molecule has 71 heavy (non-hydrogen) atoms. The molecule has 0 amide bonds. The molecule has 376 valence electrons. The summed E-state index contributed by atoms with van der Waals surface area (Å²) in [5.41, 5.74) is 11.0. The highest BCUT2D eigenvalue weighted by Crippen LogP contribution is 2.47. The third-order valence-electron chi connectivity index (χ3n) is 14.4. The zero-order valence-corrected chi connectivity index (χ0v) is 45.9. The Hall–Kier alpha value is -5.44. The van der Waals surface area contributed by atoms with Gasteiger partial charge < -0.3 is 42.5 Å². The molecular weight excluding hydrogens is 921 g/mol. The van der Waals surface area contributed by atoms with Crippen LogP contribution in [-0.4, -0.2) is 142 Å². The van der Waals surface area contributed by atoms with Crippen molar-refractivity contribution in [3.63, 3.8) is 0 Å². The Labute approximate surface area is 431 Å². The first-order valence-corrected chi connectivity index (χ1v) is 27.2. The van der Waals surface area contributed by atoms with E-state index >= 15 is 0 Å². The molecule has 1 saturated heterocycles. The number of hydrogen-bond donors (Lipinski definition) is 1. The lowest BCUT2D eigenvalue weighted by molar-refractivity contribution is -0.912. The fraction of sp³-hybridized carbons (Fsp3) is 0.414. The van der Waals surface area contributed by atoms with E-state index in [2.05, 4.69) is 215 Å². The van der Waals surface area contributed by atoms with Gasteiger partial charge in [0, 0.05) is 84.3 Å². The van der Waals surface area contributed by atoms with Crippen LogP contribution in [0.1, 0.15) is 45.2 Å². The molecule has 0 aliphatic carbocycles. The summed E-state index contributed by atoms with van der Waals surface area (Å²) in [5.74, 6) is 0. The number of hydrogen-bond acceptors (Lipinski definition) is 9. The number of quaternary nitrogens is 2. The maximum Gasteiger partial charge on any atom is 0.368 e. The van der Waals surface area contributed by atoms with Crippen LogP contribution in [0.4, 0.5) is 22.7 Å². The summed E-state index contributed by atoms with van der Waals surface area (Å²) in [6, 6.07) is 34.8. The van der Waals surface area contributed by atoms with Crippen molar-refractivity contribution in [1.82, 2.24) is 9.15 Å². The summed E-state index contributed by atoms with van der Waals surface area (Å²) < 4.78 is 19.6. The number of aliphatic hydroxyl groups is 1. The number of para-hydroxylation sites is 2. The van der Waals surface area contributed by atoms with Gasteiger partial charge in [-0.1, -0.05) is 47.8 Å². The number of anilines is 4. The molecule has 0 saturated carbocycles. The molecule has 3 aliphatic rings. The first-order chi connectivity index (χ1) is 34.1. The number of fused-ring (bicyclic) bond motifs is 4. The molecule has 2 aromatic heterocycles. The Bertz CT molecular complexity index is 3060. The van der Waals surface area contributed by atoms with Gasteiger partial charge in [-0.05, 0) is 99.5 Å². The molecule has 0 atom stereocenters. The van der Waals surface area contributed by atoms with Gasteiger partial charge in [0.15, 0.2) is 19.6 Å². The normalized spacial score (nSPS) is 18.3. The number of likely N-dealkylation sites (N-methyl/N-ethyl adjacent to an activating group) is 1. The second-order valence-corrected chi connectivity index (χ2v) is 22.4. The number of benzene rings is 4. The summed E-state index contributed by atoms with van der Waals surface area (Å²) in [4.78, 5) is 11.9. The van der Waals surface area contributed by atoms with Gasteiger partial charge in [-0.15, -0.1) is 0 Å². The first-order valence-electron chi connectivity index (χ1n) is 25.6. The Morgan fingerprint density at radius 3 is 1.68 bits per heavy atom. The minimum absolute atomic E-state index is 0.232. The van der Waals surface area contributed by atoms with Crippen LogP contribution >= 0.6 is 23.5 Å². The topological polar surface area (TPSA) is 65.5 Å². The third-order valence-corrected chi connectivity index (χ3v) is 16.7. The van der Waals surface area contributed by atoms with E-state index in [-0.39, 0.29) is 6.61 Å². The van der Waals surface area contributed by atoms with Gasteiger partial charge in [0.05, 0.1) is 81.3 Å². The van der Waals surface area contributed by atoms with E-state index in [0.717, 1.165) is 120 Å². The summed E-state index contributed by atoms with van der Waals surface area (Å²) >= 11 is 3.64. The van der Waals surface area contributed by atoms with E-state index in [1.165, 1.54) is 53.7 Å². The third kappa shape index (κ3) is 11.9. The van der Waals surface area contributed by atoms with E-state index in [1.807, 2.05) is 23.5 Å². The minimum atomic E-state index is 0.232. The van der Waals surface area contributed by atoms with Crippen LogP contribution in [0.25, 0.3) is 34.1 Å². The van der Waals surface area contributed by atoms with Crippen LogP contribution < -0.4 is 39.9 Å². The second kappa shape index (κ2) is 22.5. The molecular formula is C58H78N8O3S2+4. The second-order valence-electron chi connectivity index (χ2n) is 20.3. The van der Waals surface area contributed by atoms with Gasteiger partial charge in [-0.25, -0.2) is 4.58 Å². The largest absolute Gasteiger partial charge is 0.405 e. The molecule has 0 bridgehead atoms. The molecule has 1 fully saturated rings. The number of thioether (sulfide) groups is 2. The predicted molar refractivity (Wildman–Crippen MR) is 303 cm³/mol. The lowest BCUT2D eigenvalue weighted by atomic mass is 10.1. The average molecular weight is 999 g/mol. The number of rotatable bonds is 14. The molecule has 6 aromatic rings. The van der Waals surface area contributed by atoms with Gasteiger partial charge in [0.2, 0.25) is 0 Å². The van der Waals surface area contributed by atoms with Crippen molar-refractivity contribution in [3.05, 3.63) is 129 Å². The molecule has 9 rings (SSSR count). The lowest BCUT2D eigenvalue weighted by Crippen LogP contribution is -2.58. The highest BCUT2D eigenvalue weighted by Gasteiger charge is 2.32. The van der Waals surface area contributed by atoms with Crippen LogP contribution in [0.3, 0.4) is 0 Å². The standard InChI is InChI=1S/C29H38N4O2S.C29H40N4OS/c1-5-31(6-2)23-11-12-24-22(20-29-30(3)25-9-7-8-10-27(25)36-29)19-28(35-26(24)21-23)32-13-15-33(4,16-14-32)17-18-34;1-8-32(9-2)23-15-16-24-22(20-29-31(4)25-13-10-11-14-27(25)35-29)19-28(34-26(24)21-23)30(3)17-12-18-33(5,6)7/h7-12,19-21,34H,5-6,13-18H2,1-4H3;10-11,13-16,19-21H,8-9,12,17-18H2,1-7H3/q2*+2. The van der Waals surface area contributed by atoms with E-state index < -0.39 is 0 Å². The summed E-state index contributed by atoms with van der Waals surface area (Å²) in [7, 11) is 15.4.